The van der Waals surface area contributed by atoms with Gasteiger partial charge >= 0.3 is 0 Å². The van der Waals surface area contributed by atoms with Crippen molar-refractivity contribution in [3.63, 3.8) is 0 Å². The quantitative estimate of drug-likeness (QED) is 0.603. The van der Waals surface area contributed by atoms with Gasteiger partial charge in [0.15, 0.2) is 0 Å². The van der Waals surface area contributed by atoms with Crippen molar-refractivity contribution in [3.05, 3.63) is 11.6 Å². The maximum Gasteiger partial charge on any atom is 0.0401 e. The molecule has 1 aliphatic heterocycles. The van der Waals surface area contributed by atoms with Gasteiger partial charge in [-0.05, 0) is 38.4 Å². The minimum Gasteiger partial charge on any atom is -0.303 e. The van der Waals surface area contributed by atoms with Crippen molar-refractivity contribution in [2.24, 2.45) is 4.99 Å². The molecule has 0 amide bonds. The molecule has 0 aliphatic carbocycles. The van der Waals surface area contributed by atoms with E-state index in [1.807, 2.05) is 6.21 Å². The van der Waals surface area contributed by atoms with E-state index in [0.717, 1.165) is 19.5 Å². The molecule has 0 saturated carbocycles. The Bertz CT molecular complexity index is 194. The summed E-state index contributed by atoms with van der Waals surface area (Å²) in [6, 6.07) is 0. The normalized spacial score (nSPS) is 21.2. The lowest BCUT2D eigenvalue weighted by molar-refractivity contribution is 0.291. The van der Waals surface area contributed by atoms with Crippen LogP contribution in [0.15, 0.2) is 16.6 Å². The highest BCUT2D eigenvalue weighted by Crippen LogP contribution is 2.00. The van der Waals surface area contributed by atoms with Crippen LogP contribution >= 0.6 is 0 Å². The zero-order valence-electron chi connectivity index (χ0n) is 8.79. The minimum absolute atomic E-state index is 0.974. The number of rotatable bonds is 1. The van der Waals surface area contributed by atoms with Crippen molar-refractivity contribution in [2.45, 2.75) is 26.7 Å². The van der Waals surface area contributed by atoms with E-state index < -0.39 is 0 Å². The minimum atomic E-state index is 0.974. The molecule has 1 aliphatic rings. The SMILES string of the molecule is CCN1CCC=C(C)C=NCCC1. The monoisotopic (exact) mass is 180 g/mol. The first kappa shape index (κ1) is 10.5. The molecule has 74 valence electrons. The molecule has 0 aromatic carbocycles. The maximum atomic E-state index is 4.36. The molecule has 0 aromatic heterocycles. The molecule has 2 nitrogen and oxygen atoms in total. The van der Waals surface area contributed by atoms with Crippen LogP contribution in [0.1, 0.15) is 26.7 Å². The molecular weight excluding hydrogens is 160 g/mol. The molecule has 13 heavy (non-hydrogen) atoms. The van der Waals surface area contributed by atoms with Gasteiger partial charge in [-0.25, -0.2) is 0 Å². The van der Waals surface area contributed by atoms with Crippen LogP contribution in [-0.2, 0) is 0 Å². The Morgan fingerprint density at radius 2 is 2.31 bits per heavy atom. The van der Waals surface area contributed by atoms with Crippen molar-refractivity contribution < 1.29 is 0 Å². The van der Waals surface area contributed by atoms with Gasteiger partial charge in [0.05, 0.1) is 0 Å². The van der Waals surface area contributed by atoms with Crippen molar-refractivity contribution in [2.75, 3.05) is 26.2 Å². The van der Waals surface area contributed by atoms with E-state index in [1.54, 1.807) is 0 Å². The summed E-state index contributed by atoms with van der Waals surface area (Å²) in [6.07, 6.45) is 6.63. The fourth-order valence-corrected chi connectivity index (χ4v) is 1.55. The second kappa shape index (κ2) is 5.92. The van der Waals surface area contributed by atoms with Gasteiger partial charge in [-0.3, -0.25) is 4.99 Å². The third-order valence-electron chi connectivity index (χ3n) is 2.42. The average molecular weight is 180 g/mol. The highest BCUT2D eigenvalue weighted by atomic mass is 15.1. The summed E-state index contributed by atoms with van der Waals surface area (Å²) < 4.78 is 0. The summed E-state index contributed by atoms with van der Waals surface area (Å²) in [4.78, 5) is 6.85. The molecule has 0 saturated heterocycles. The molecular formula is C11H20N2. The largest absolute Gasteiger partial charge is 0.303 e. The molecule has 0 aromatic rings. The molecule has 0 atom stereocenters. The lowest BCUT2D eigenvalue weighted by Gasteiger charge is -2.19. The second-order valence-corrected chi connectivity index (χ2v) is 3.56. The van der Waals surface area contributed by atoms with Gasteiger partial charge in [-0.2, -0.15) is 0 Å². The van der Waals surface area contributed by atoms with Crippen LogP contribution in [0.4, 0.5) is 0 Å². The summed E-state index contributed by atoms with van der Waals surface area (Å²) in [6.45, 7) is 8.88. The maximum absolute atomic E-state index is 4.36. The first-order valence-electron chi connectivity index (χ1n) is 5.22. The third-order valence-corrected chi connectivity index (χ3v) is 2.42. The molecule has 1 rings (SSSR count). The van der Waals surface area contributed by atoms with E-state index in [1.165, 1.54) is 25.1 Å². The Morgan fingerprint density at radius 1 is 1.46 bits per heavy atom. The molecule has 0 radical (unpaired) electrons. The average Bonchev–Trinajstić information content (AvgIpc) is 2.15. The third kappa shape index (κ3) is 4.23. The smallest absolute Gasteiger partial charge is 0.0401 e. The summed E-state index contributed by atoms with van der Waals surface area (Å²) in [5, 5.41) is 0. The topological polar surface area (TPSA) is 15.6 Å². The standard InChI is InChI=1S/C11H20N2/c1-3-13-8-4-6-11(2)10-12-7-5-9-13/h6,10H,3-5,7-9H2,1-2H3. The van der Waals surface area contributed by atoms with Gasteiger partial charge in [0, 0.05) is 19.3 Å². The summed E-state index contributed by atoms with van der Waals surface area (Å²) in [5.41, 5.74) is 1.30. The number of hydrogen-bond acceptors (Lipinski definition) is 2. The van der Waals surface area contributed by atoms with Crippen LogP contribution < -0.4 is 0 Å². The van der Waals surface area contributed by atoms with Gasteiger partial charge in [0.25, 0.3) is 0 Å². The van der Waals surface area contributed by atoms with E-state index in [0.29, 0.717) is 0 Å². The molecule has 1 heterocycles. The predicted molar refractivity (Wildman–Crippen MR) is 58.5 cm³/mol. The fourth-order valence-electron chi connectivity index (χ4n) is 1.55. The Labute approximate surface area is 81.3 Å². The molecule has 0 spiro atoms. The molecule has 2 heteroatoms. The van der Waals surface area contributed by atoms with E-state index in [4.69, 9.17) is 0 Å². The molecule has 0 N–H and O–H groups in total. The molecule has 0 bridgehead atoms. The zero-order chi connectivity index (χ0) is 9.52. The Hall–Kier alpha value is -0.630. The zero-order valence-corrected chi connectivity index (χ0v) is 8.79. The van der Waals surface area contributed by atoms with E-state index in [2.05, 4.69) is 29.8 Å². The first-order valence-corrected chi connectivity index (χ1v) is 5.22. The Balaban J connectivity index is 2.47. The van der Waals surface area contributed by atoms with Gasteiger partial charge in [-0.1, -0.05) is 13.0 Å². The summed E-state index contributed by atoms with van der Waals surface area (Å²) in [7, 11) is 0. The number of nitrogens with zero attached hydrogens (tertiary/aromatic N) is 2. The van der Waals surface area contributed by atoms with Crippen LogP contribution in [0.2, 0.25) is 0 Å². The molecule has 0 fully saturated rings. The van der Waals surface area contributed by atoms with Crippen LogP contribution in [0.5, 0.6) is 0 Å². The van der Waals surface area contributed by atoms with Crippen LogP contribution in [0, 0.1) is 0 Å². The summed E-state index contributed by atoms with van der Waals surface area (Å²) in [5.74, 6) is 0. The van der Waals surface area contributed by atoms with Crippen molar-refractivity contribution >= 4 is 6.21 Å². The lowest BCUT2D eigenvalue weighted by Crippen LogP contribution is -2.26. The number of hydrogen-bond donors (Lipinski definition) is 0. The van der Waals surface area contributed by atoms with E-state index in [9.17, 15) is 0 Å². The van der Waals surface area contributed by atoms with E-state index in [-0.39, 0.29) is 0 Å². The van der Waals surface area contributed by atoms with Crippen molar-refractivity contribution in [1.29, 1.82) is 0 Å². The van der Waals surface area contributed by atoms with Crippen LogP contribution in [-0.4, -0.2) is 37.3 Å². The predicted octanol–water partition coefficient (Wildman–Crippen LogP) is 2.12. The Morgan fingerprint density at radius 3 is 3.08 bits per heavy atom. The second-order valence-electron chi connectivity index (χ2n) is 3.56. The molecule has 0 unspecified atom stereocenters. The van der Waals surface area contributed by atoms with Gasteiger partial charge < -0.3 is 4.90 Å². The van der Waals surface area contributed by atoms with E-state index >= 15 is 0 Å². The highest BCUT2D eigenvalue weighted by molar-refractivity contribution is 5.77. The number of allylic oxidation sites excluding steroid dienone is 1. The highest BCUT2D eigenvalue weighted by Gasteiger charge is 2.01. The number of aliphatic imine (C=N–C) groups is 1. The van der Waals surface area contributed by atoms with Crippen molar-refractivity contribution in [3.8, 4) is 0 Å². The Kier molecular flexibility index (Phi) is 4.76. The fraction of sp³-hybridized carbons (Fsp3) is 0.727. The van der Waals surface area contributed by atoms with Crippen LogP contribution in [0.3, 0.4) is 0 Å². The first-order chi connectivity index (χ1) is 6.33. The lowest BCUT2D eigenvalue weighted by atomic mass is 10.2. The summed E-state index contributed by atoms with van der Waals surface area (Å²) >= 11 is 0. The van der Waals surface area contributed by atoms with Gasteiger partial charge in [-0.15, -0.1) is 0 Å². The van der Waals surface area contributed by atoms with Gasteiger partial charge in [0.2, 0.25) is 0 Å². The van der Waals surface area contributed by atoms with Crippen molar-refractivity contribution in [1.82, 2.24) is 4.90 Å². The van der Waals surface area contributed by atoms with Gasteiger partial charge in [0.1, 0.15) is 0 Å². The van der Waals surface area contributed by atoms with Crippen LogP contribution in [0.25, 0.3) is 0 Å².